The molecule has 10 nitrogen and oxygen atoms in total. The fourth-order valence-corrected chi connectivity index (χ4v) is 6.17. The van der Waals surface area contributed by atoms with E-state index in [1.165, 1.54) is 9.80 Å². The van der Waals surface area contributed by atoms with Crippen LogP contribution < -0.4 is 20.4 Å². The van der Waals surface area contributed by atoms with E-state index >= 15 is 0 Å². The fourth-order valence-electron chi connectivity index (χ4n) is 6.17. The average molecular weight is 589 g/mol. The maximum atomic E-state index is 13.1. The SMILES string of the molecule is O=C1CC(NCCc2cc3ccccc3[nH]2)C(=O)N1c1ccc(N2C(=O)CC(NCCc3cc4ccccc4[nH]3)C2=O)cc1. The van der Waals surface area contributed by atoms with Crippen molar-refractivity contribution in [2.24, 2.45) is 0 Å². The summed E-state index contributed by atoms with van der Waals surface area (Å²) < 4.78 is 0. The molecule has 0 radical (unpaired) electrons. The molecular weight excluding hydrogens is 556 g/mol. The fraction of sp³-hybridized carbons (Fsp3) is 0.235. The van der Waals surface area contributed by atoms with Crippen LogP contribution in [0, 0.1) is 0 Å². The molecule has 2 aromatic heterocycles. The highest BCUT2D eigenvalue weighted by Crippen LogP contribution is 2.29. The molecule has 4 N–H and O–H groups in total. The van der Waals surface area contributed by atoms with E-state index in [1.54, 1.807) is 24.3 Å². The van der Waals surface area contributed by atoms with Crippen molar-refractivity contribution in [3.05, 3.63) is 96.3 Å². The molecule has 3 aromatic carbocycles. The van der Waals surface area contributed by atoms with Gasteiger partial charge < -0.3 is 20.6 Å². The number of aromatic nitrogens is 2. The van der Waals surface area contributed by atoms with E-state index in [2.05, 4.69) is 32.7 Å². The molecule has 2 aliphatic heterocycles. The van der Waals surface area contributed by atoms with Gasteiger partial charge in [-0.25, -0.2) is 9.80 Å². The average Bonchev–Trinajstić information content (AvgIpc) is 3.77. The normalized spacial score (nSPS) is 18.9. The first kappa shape index (κ1) is 27.8. The first-order valence-electron chi connectivity index (χ1n) is 14.9. The first-order valence-corrected chi connectivity index (χ1v) is 14.9. The lowest BCUT2D eigenvalue weighted by Gasteiger charge is -2.19. The number of para-hydroxylation sites is 2. The maximum absolute atomic E-state index is 13.1. The zero-order chi connectivity index (χ0) is 30.2. The van der Waals surface area contributed by atoms with Gasteiger partial charge in [0.2, 0.25) is 11.8 Å². The molecule has 10 heteroatoms. The molecule has 222 valence electrons. The van der Waals surface area contributed by atoms with E-state index in [0.29, 0.717) is 37.3 Å². The highest BCUT2D eigenvalue weighted by molar-refractivity contribution is 6.24. The number of imide groups is 2. The Morgan fingerprint density at radius 3 is 1.41 bits per heavy atom. The molecule has 0 aliphatic carbocycles. The van der Waals surface area contributed by atoms with Gasteiger partial charge in [-0.15, -0.1) is 0 Å². The number of fused-ring (bicyclic) bond motifs is 2. The molecule has 5 aromatic rings. The van der Waals surface area contributed by atoms with Crippen molar-refractivity contribution in [1.82, 2.24) is 20.6 Å². The van der Waals surface area contributed by atoms with E-state index in [0.717, 1.165) is 33.2 Å². The van der Waals surface area contributed by atoms with Gasteiger partial charge in [-0.1, -0.05) is 36.4 Å². The number of H-pyrrole nitrogens is 2. The summed E-state index contributed by atoms with van der Waals surface area (Å²) in [6.07, 6.45) is 1.53. The van der Waals surface area contributed by atoms with Crippen LogP contribution in [0.5, 0.6) is 0 Å². The minimum Gasteiger partial charge on any atom is -0.358 e. The van der Waals surface area contributed by atoms with Gasteiger partial charge in [0, 0.05) is 35.5 Å². The summed E-state index contributed by atoms with van der Waals surface area (Å²) >= 11 is 0. The number of carbonyl (C=O) groups excluding carboxylic acids is 4. The Balaban J connectivity index is 0.937. The summed E-state index contributed by atoms with van der Waals surface area (Å²) in [6, 6.07) is 25.5. The molecule has 2 saturated heterocycles. The third-order valence-electron chi connectivity index (χ3n) is 8.40. The van der Waals surface area contributed by atoms with Crippen LogP contribution in [0.25, 0.3) is 21.8 Å². The quantitative estimate of drug-likeness (QED) is 0.185. The van der Waals surface area contributed by atoms with E-state index < -0.39 is 12.1 Å². The third-order valence-corrected chi connectivity index (χ3v) is 8.40. The van der Waals surface area contributed by atoms with Gasteiger partial charge in [0.05, 0.1) is 36.3 Å². The second kappa shape index (κ2) is 11.6. The summed E-state index contributed by atoms with van der Waals surface area (Å²) in [5.41, 5.74) is 5.07. The lowest BCUT2D eigenvalue weighted by Crippen LogP contribution is -2.40. The first-order chi connectivity index (χ1) is 21.4. The van der Waals surface area contributed by atoms with E-state index in [4.69, 9.17) is 0 Å². The lowest BCUT2D eigenvalue weighted by atomic mass is 10.2. The molecule has 4 amide bonds. The summed E-state index contributed by atoms with van der Waals surface area (Å²) in [4.78, 5) is 61.0. The van der Waals surface area contributed by atoms with E-state index in [9.17, 15) is 19.2 Å². The molecular formula is C34H32N6O4. The summed E-state index contributed by atoms with van der Waals surface area (Å²) in [6.45, 7) is 1.08. The summed E-state index contributed by atoms with van der Waals surface area (Å²) in [5, 5.41) is 8.71. The van der Waals surface area contributed by atoms with Crippen molar-refractivity contribution < 1.29 is 19.2 Å². The predicted octanol–water partition coefficient (Wildman–Crippen LogP) is 3.58. The number of amides is 4. The molecule has 4 heterocycles. The molecule has 0 saturated carbocycles. The monoisotopic (exact) mass is 588 g/mol. The third kappa shape index (κ3) is 5.29. The van der Waals surface area contributed by atoms with Crippen LogP contribution in [0.1, 0.15) is 24.2 Å². The molecule has 0 bridgehead atoms. The van der Waals surface area contributed by atoms with E-state index in [-0.39, 0.29) is 36.5 Å². The van der Waals surface area contributed by atoms with Crippen LogP contribution in [-0.2, 0) is 32.0 Å². The second-order valence-corrected chi connectivity index (χ2v) is 11.3. The number of anilines is 2. The topological polar surface area (TPSA) is 130 Å². The van der Waals surface area contributed by atoms with Gasteiger partial charge in [-0.2, -0.15) is 0 Å². The number of hydrogen-bond acceptors (Lipinski definition) is 6. The van der Waals surface area contributed by atoms with Crippen LogP contribution in [0.15, 0.2) is 84.9 Å². The number of hydrogen-bond donors (Lipinski definition) is 4. The molecule has 2 fully saturated rings. The number of nitrogens with zero attached hydrogens (tertiary/aromatic N) is 2. The Morgan fingerprint density at radius 1 is 0.591 bits per heavy atom. The van der Waals surface area contributed by atoms with Crippen molar-refractivity contribution in [2.75, 3.05) is 22.9 Å². The maximum Gasteiger partial charge on any atom is 0.251 e. The zero-order valence-electron chi connectivity index (χ0n) is 24.0. The van der Waals surface area contributed by atoms with Gasteiger partial charge in [0.15, 0.2) is 0 Å². The van der Waals surface area contributed by atoms with Crippen molar-refractivity contribution in [3.63, 3.8) is 0 Å². The van der Waals surface area contributed by atoms with Crippen LogP contribution in [0.4, 0.5) is 11.4 Å². The number of rotatable bonds is 10. The number of aromatic amines is 2. The van der Waals surface area contributed by atoms with Gasteiger partial charge in [0.1, 0.15) is 0 Å². The van der Waals surface area contributed by atoms with Crippen molar-refractivity contribution in [2.45, 2.75) is 37.8 Å². The Kier molecular flexibility index (Phi) is 7.29. The number of carbonyl (C=O) groups is 4. The summed E-state index contributed by atoms with van der Waals surface area (Å²) in [5.74, 6) is -1.21. The molecule has 2 atom stereocenters. The number of benzene rings is 3. The Hall–Kier alpha value is -5.06. The van der Waals surface area contributed by atoms with Crippen molar-refractivity contribution in [1.29, 1.82) is 0 Å². The highest BCUT2D eigenvalue weighted by Gasteiger charge is 2.41. The molecule has 0 spiro atoms. The van der Waals surface area contributed by atoms with Gasteiger partial charge in [0.25, 0.3) is 11.8 Å². The summed E-state index contributed by atoms with van der Waals surface area (Å²) in [7, 11) is 0. The Labute approximate surface area is 253 Å². The van der Waals surface area contributed by atoms with Crippen LogP contribution >= 0.6 is 0 Å². The molecule has 7 rings (SSSR count). The van der Waals surface area contributed by atoms with Crippen LogP contribution in [0.2, 0.25) is 0 Å². The molecule has 2 aliphatic rings. The van der Waals surface area contributed by atoms with Gasteiger partial charge in [-0.3, -0.25) is 19.2 Å². The van der Waals surface area contributed by atoms with Crippen LogP contribution in [-0.4, -0.2) is 58.8 Å². The minimum absolute atomic E-state index is 0.0717. The van der Waals surface area contributed by atoms with E-state index in [1.807, 2.05) is 48.5 Å². The van der Waals surface area contributed by atoms with Gasteiger partial charge in [-0.05, 0) is 72.1 Å². The zero-order valence-corrected chi connectivity index (χ0v) is 24.0. The molecule has 2 unspecified atom stereocenters. The smallest absolute Gasteiger partial charge is 0.251 e. The Morgan fingerprint density at radius 2 is 1.00 bits per heavy atom. The predicted molar refractivity (Wildman–Crippen MR) is 168 cm³/mol. The van der Waals surface area contributed by atoms with Crippen LogP contribution in [0.3, 0.4) is 0 Å². The van der Waals surface area contributed by atoms with Crippen molar-refractivity contribution in [3.8, 4) is 0 Å². The molecule has 44 heavy (non-hydrogen) atoms. The lowest BCUT2D eigenvalue weighted by molar-refractivity contribution is -0.123. The Bertz CT molecular complexity index is 1690. The largest absolute Gasteiger partial charge is 0.358 e. The minimum atomic E-state index is -0.607. The number of nitrogens with one attached hydrogen (secondary N) is 4. The van der Waals surface area contributed by atoms with Gasteiger partial charge >= 0.3 is 0 Å². The standard InChI is InChI=1S/C34H32N6O4/c41-31-19-29(35-15-13-23-17-21-5-1-3-7-27(21)37-23)33(43)39(31)25-9-11-26(12-10-25)40-32(42)20-30(34(40)44)36-16-14-24-18-22-6-2-4-8-28(22)38-24/h1-12,17-18,29-30,35-38H,13-16,19-20H2. The van der Waals surface area contributed by atoms with Crippen molar-refractivity contribution >= 4 is 56.8 Å². The second-order valence-electron chi connectivity index (χ2n) is 11.3. The highest BCUT2D eigenvalue weighted by atomic mass is 16.2.